The summed E-state index contributed by atoms with van der Waals surface area (Å²) in [6.07, 6.45) is 0.658. The predicted molar refractivity (Wildman–Crippen MR) is 133 cm³/mol. The minimum Gasteiger partial charge on any atom is -0.493 e. The van der Waals surface area contributed by atoms with Crippen LogP contribution in [0, 0.1) is 24.2 Å². The van der Waals surface area contributed by atoms with Gasteiger partial charge in [0.25, 0.3) is 0 Å². The topological polar surface area (TPSA) is 91.7 Å². The van der Waals surface area contributed by atoms with E-state index in [2.05, 4.69) is 11.4 Å². The summed E-state index contributed by atoms with van der Waals surface area (Å²) in [6.45, 7) is 1.99. The van der Waals surface area contributed by atoms with Crippen molar-refractivity contribution in [1.82, 2.24) is 0 Å². The molecule has 2 amide bonds. The number of methoxy groups -OCH3 is 2. The summed E-state index contributed by atoms with van der Waals surface area (Å²) in [5.41, 5.74) is 3.70. The summed E-state index contributed by atoms with van der Waals surface area (Å²) < 4.78 is 10.9. The SMILES string of the molecule is COc1ccc(C2C(C(=O)Nc3ccc(C#N)cc3)CCC(=O)N2c2ccc(C)cc2)cc1OC. The number of nitriles is 1. The minimum atomic E-state index is -0.544. The van der Waals surface area contributed by atoms with E-state index in [1.165, 1.54) is 0 Å². The Labute approximate surface area is 204 Å². The second kappa shape index (κ2) is 10.3. The van der Waals surface area contributed by atoms with Gasteiger partial charge < -0.3 is 19.7 Å². The smallest absolute Gasteiger partial charge is 0.229 e. The van der Waals surface area contributed by atoms with Crippen LogP contribution in [0.5, 0.6) is 11.5 Å². The number of aryl methyl sites for hydroxylation is 1. The van der Waals surface area contributed by atoms with Crippen LogP contribution in [-0.2, 0) is 9.59 Å². The lowest BCUT2D eigenvalue weighted by atomic mass is 9.83. The van der Waals surface area contributed by atoms with E-state index in [0.29, 0.717) is 29.2 Å². The van der Waals surface area contributed by atoms with Crippen LogP contribution in [0.25, 0.3) is 0 Å². The standard InChI is InChI=1S/C28H27N3O4/c1-18-4-11-22(12-5-18)31-26(32)15-13-23(28(33)30-21-9-6-19(17-29)7-10-21)27(31)20-8-14-24(34-2)25(16-20)35-3/h4-12,14,16,23,27H,13,15H2,1-3H3,(H,30,33). The molecule has 2 atom stereocenters. The first-order chi connectivity index (χ1) is 16.9. The number of carbonyl (C=O) groups is 2. The third kappa shape index (κ3) is 4.97. The summed E-state index contributed by atoms with van der Waals surface area (Å²) in [5, 5.41) is 12.0. The van der Waals surface area contributed by atoms with Crippen LogP contribution in [0.15, 0.2) is 66.7 Å². The van der Waals surface area contributed by atoms with E-state index in [4.69, 9.17) is 14.7 Å². The number of anilines is 2. The van der Waals surface area contributed by atoms with Crippen molar-refractivity contribution in [2.75, 3.05) is 24.4 Å². The Morgan fingerprint density at radius 1 is 1.00 bits per heavy atom. The Bertz CT molecular complexity index is 1260. The average Bonchev–Trinajstić information content (AvgIpc) is 2.89. The number of hydrogen-bond donors (Lipinski definition) is 1. The van der Waals surface area contributed by atoms with Gasteiger partial charge in [0.15, 0.2) is 11.5 Å². The predicted octanol–water partition coefficient (Wildman–Crippen LogP) is 5.01. The minimum absolute atomic E-state index is 0.0453. The zero-order valence-electron chi connectivity index (χ0n) is 19.9. The molecule has 0 radical (unpaired) electrons. The molecule has 0 spiro atoms. The number of hydrogen-bond acceptors (Lipinski definition) is 5. The van der Waals surface area contributed by atoms with Gasteiger partial charge in [0.1, 0.15) is 0 Å². The Hall–Kier alpha value is -4.31. The fraction of sp³-hybridized carbons (Fsp3) is 0.250. The first kappa shape index (κ1) is 23.8. The van der Waals surface area contributed by atoms with Crippen LogP contribution in [0.3, 0.4) is 0 Å². The molecule has 0 aromatic heterocycles. The zero-order chi connectivity index (χ0) is 24.9. The van der Waals surface area contributed by atoms with E-state index in [1.807, 2.05) is 43.3 Å². The monoisotopic (exact) mass is 469 g/mol. The van der Waals surface area contributed by atoms with Gasteiger partial charge in [-0.3, -0.25) is 9.59 Å². The first-order valence-corrected chi connectivity index (χ1v) is 11.4. The van der Waals surface area contributed by atoms with E-state index in [9.17, 15) is 9.59 Å². The van der Waals surface area contributed by atoms with Gasteiger partial charge in [-0.1, -0.05) is 23.8 Å². The van der Waals surface area contributed by atoms with Crippen molar-refractivity contribution in [2.45, 2.75) is 25.8 Å². The molecule has 1 heterocycles. The highest BCUT2D eigenvalue weighted by Gasteiger charge is 2.41. The normalized spacial score (nSPS) is 17.4. The summed E-state index contributed by atoms with van der Waals surface area (Å²) >= 11 is 0. The molecule has 1 saturated heterocycles. The Balaban J connectivity index is 1.76. The first-order valence-electron chi connectivity index (χ1n) is 11.4. The van der Waals surface area contributed by atoms with Crippen molar-refractivity contribution >= 4 is 23.2 Å². The van der Waals surface area contributed by atoms with E-state index in [-0.39, 0.29) is 18.2 Å². The molecule has 35 heavy (non-hydrogen) atoms. The molecule has 2 unspecified atom stereocenters. The van der Waals surface area contributed by atoms with Gasteiger partial charge in [-0.15, -0.1) is 0 Å². The molecular formula is C28H27N3O4. The van der Waals surface area contributed by atoms with Crippen LogP contribution >= 0.6 is 0 Å². The summed E-state index contributed by atoms with van der Waals surface area (Å²) in [5.74, 6) is 0.342. The Morgan fingerprint density at radius 3 is 2.31 bits per heavy atom. The highest BCUT2D eigenvalue weighted by molar-refractivity contribution is 6.00. The fourth-order valence-corrected chi connectivity index (χ4v) is 4.46. The summed E-state index contributed by atoms with van der Waals surface area (Å²) in [4.78, 5) is 28.5. The number of benzene rings is 3. The molecule has 7 heteroatoms. The molecule has 0 aliphatic carbocycles. The third-order valence-corrected chi connectivity index (χ3v) is 6.28. The highest BCUT2D eigenvalue weighted by atomic mass is 16.5. The van der Waals surface area contributed by atoms with Crippen molar-refractivity contribution in [3.63, 3.8) is 0 Å². The fourth-order valence-electron chi connectivity index (χ4n) is 4.46. The van der Waals surface area contributed by atoms with Crippen molar-refractivity contribution < 1.29 is 19.1 Å². The lowest BCUT2D eigenvalue weighted by molar-refractivity contribution is -0.125. The van der Waals surface area contributed by atoms with E-state index in [1.54, 1.807) is 49.5 Å². The van der Waals surface area contributed by atoms with Crippen molar-refractivity contribution in [2.24, 2.45) is 5.92 Å². The van der Waals surface area contributed by atoms with Crippen LogP contribution < -0.4 is 19.7 Å². The number of carbonyl (C=O) groups excluding carboxylic acids is 2. The number of nitrogens with one attached hydrogen (secondary N) is 1. The molecular weight excluding hydrogens is 442 g/mol. The maximum absolute atomic E-state index is 13.6. The zero-order valence-corrected chi connectivity index (χ0v) is 19.9. The second-order valence-electron chi connectivity index (χ2n) is 8.48. The maximum Gasteiger partial charge on any atom is 0.229 e. The van der Waals surface area contributed by atoms with E-state index < -0.39 is 12.0 Å². The van der Waals surface area contributed by atoms with Crippen LogP contribution in [0.4, 0.5) is 11.4 Å². The van der Waals surface area contributed by atoms with Crippen molar-refractivity contribution in [3.05, 3.63) is 83.4 Å². The molecule has 3 aromatic carbocycles. The van der Waals surface area contributed by atoms with Crippen molar-refractivity contribution in [1.29, 1.82) is 5.26 Å². The Morgan fingerprint density at radius 2 is 1.69 bits per heavy atom. The molecule has 1 fully saturated rings. The molecule has 1 aliphatic rings. The molecule has 1 N–H and O–H groups in total. The van der Waals surface area contributed by atoms with Gasteiger partial charge in [-0.05, 0) is 67.4 Å². The Kier molecular flexibility index (Phi) is 7.02. The number of amides is 2. The molecule has 3 aromatic rings. The van der Waals surface area contributed by atoms with Gasteiger partial charge in [0, 0.05) is 17.8 Å². The molecule has 0 bridgehead atoms. The van der Waals surface area contributed by atoms with E-state index >= 15 is 0 Å². The number of nitrogens with zero attached hydrogens (tertiary/aromatic N) is 2. The molecule has 7 nitrogen and oxygen atoms in total. The van der Waals surface area contributed by atoms with Crippen LogP contribution in [0.2, 0.25) is 0 Å². The van der Waals surface area contributed by atoms with E-state index in [0.717, 1.165) is 16.8 Å². The van der Waals surface area contributed by atoms with Gasteiger partial charge >= 0.3 is 0 Å². The molecule has 4 rings (SSSR count). The molecule has 178 valence electrons. The van der Waals surface area contributed by atoms with Crippen molar-refractivity contribution in [3.8, 4) is 17.6 Å². The summed E-state index contributed by atoms with van der Waals surface area (Å²) in [7, 11) is 3.12. The second-order valence-corrected chi connectivity index (χ2v) is 8.48. The largest absolute Gasteiger partial charge is 0.493 e. The molecule has 1 aliphatic heterocycles. The highest BCUT2D eigenvalue weighted by Crippen LogP contribution is 2.42. The van der Waals surface area contributed by atoms with Gasteiger partial charge in [0.05, 0.1) is 37.8 Å². The quantitative estimate of drug-likeness (QED) is 0.548. The summed E-state index contributed by atoms with van der Waals surface area (Å²) in [6, 6.07) is 21.4. The van der Waals surface area contributed by atoms with Gasteiger partial charge in [-0.25, -0.2) is 0 Å². The number of rotatable bonds is 6. The maximum atomic E-state index is 13.6. The average molecular weight is 470 g/mol. The molecule has 0 saturated carbocycles. The van der Waals surface area contributed by atoms with Crippen LogP contribution in [-0.4, -0.2) is 26.0 Å². The lowest BCUT2D eigenvalue weighted by Crippen LogP contribution is -2.47. The lowest BCUT2D eigenvalue weighted by Gasteiger charge is -2.41. The third-order valence-electron chi connectivity index (χ3n) is 6.28. The number of ether oxygens (including phenoxy) is 2. The number of piperidine rings is 1. The van der Waals surface area contributed by atoms with Gasteiger partial charge in [-0.2, -0.15) is 5.26 Å². The van der Waals surface area contributed by atoms with Crippen LogP contribution in [0.1, 0.15) is 35.6 Å². The van der Waals surface area contributed by atoms with Gasteiger partial charge in [0.2, 0.25) is 11.8 Å².